The fraction of sp³-hybridized carbons (Fsp3) is 0.462. The first-order chi connectivity index (χ1) is 8.16. The molecule has 0 saturated carbocycles. The summed E-state index contributed by atoms with van der Waals surface area (Å²) in [6.45, 7) is 0.840. The molecule has 92 valence electrons. The Morgan fingerprint density at radius 1 is 1.53 bits per heavy atom. The number of hydrogen-bond donors (Lipinski definition) is 1. The van der Waals surface area contributed by atoms with Crippen LogP contribution in [0.5, 0.6) is 0 Å². The molecule has 1 aliphatic rings. The van der Waals surface area contributed by atoms with Crippen molar-refractivity contribution in [2.45, 2.75) is 31.8 Å². The summed E-state index contributed by atoms with van der Waals surface area (Å²) in [6, 6.07) is 5.31. The monoisotopic (exact) mass is 297 g/mol. The molecular weight excluding hydrogens is 282 g/mol. The lowest BCUT2D eigenvalue weighted by Gasteiger charge is -2.08. The van der Waals surface area contributed by atoms with Crippen molar-refractivity contribution in [3.05, 3.63) is 28.2 Å². The highest BCUT2D eigenvalue weighted by Gasteiger charge is 2.17. The molecule has 0 aliphatic carbocycles. The molecule has 1 aliphatic heterocycles. The second kappa shape index (κ2) is 5.65. The highest BCUT2D eigenvalue weighted by Crippen LogP contribution is 2.23. The van der Waals surface area contributed by atoms with E-state index in [1.807, 2.05) is 0 Å². The van der Waals surface area contributed by atoms with Crippen molar-refractivity contribution in [1.29, 1.82) is 0 Å². The topological polar surface area (TPSA) is 52.3 Å². The third-order valence-electron chi connectivity index (χ3n) is 3.04. The Labute approximate surface area is 109 Å². The van der Waals surface area contributed by atoms with E-state index in [0.717, 1.165) is 30.3 Å². The van der Waals surface area contributed by atoms with Crippen LogP contribution < -0.4 is 5.73 Å². The minimum absolute atomic E-state index is 0.154. The van der Waals surface area contributed by atoms with Crippen molar-refractivity contribution >= 4 is 27.4 Å². The smallest absolute Gasteiger partial charge is 0.163 e. The van der Waals surface area contributed by atoms with Crippen LogP contribution >= 0.6 is 15.9 Å². The summed E-state index contributed by atoms with van der Waals surface area (Å²) >= 11 is 3.33. The van der Waals surface area contributed by atoms with E-state index in [9.17, 15) is 4.79 Å². The van der Waals surface area contributed by atoms with Gasteiger partial charge in [-0.2, -0.15) is 0 Å². The average molecular weight is 298 g/mol. The van der Waals surface area contributed by atoms with Gasteiger partial charge in [-0.15, -0.1) is 0 Å². The summed E-state index contributed by atoms with van der Waals surface area (Å²) in [6.07, 6.45) is 3.84. The fourth-order valence-electron chi connectivity index (χ4n) is 2.01. The van der Waals surface area contributed by atoms with Gasteiger partial charge in [-0.05, 0) is 53.4 Å². The second-order valence-electron chi connectivity index (χ2n) is 4.33. The first kappa shape index (κ1) is 12.6. The Morgan fingerprint density at radius 3 is 3.00 bits per heavy atom. The Kier molecular flexibility index (Phi) is 4.18. The Morgan fingerprint density at radius 2 is 2.35 bits per heavy atom. The molecule has 4 heteroatoms. The molecule has 3 nitrogen and oxygen atoms in total. The lowest BCUT2D eigenvalue weighted by atomic mass is 10.0. The zero-order chi connectivity index (χ0) is 12.3. The van der Waals surface area contributed by atoms with Gasteiger partial charge >= 0.3 is 0 Å². The molecule has 1 heterocycles. The van der Waals surface area contributed by atoms with Gasteiger partial charge in [0.25, 0.3) is 0 Å². The van der Waals surface area contributed by atoms with E-state index in [1.165, 1.54) is 0 Å². The summed E-state index contributed by atoms with van der Waals surface area (Å²) in [5.41, 5.74) is 7.05. The average Bonchev–Trinajstić information content (AvgIpc) is 2.82. The zero-order valence-corrected chi connectivity index (χ0v) is 11.2. The van der Waals surface area contributed by atoms with Gasteiger partial charge in [-0.1, -0.05) is 0 Å². The molecule has 1 aromatic rings. The molecule has 1 fully saturated rings. The van der Waals surface area contributed by atoms with Crippen LogP contribution in [0.25, 0.3) is 0 Å². The Balaban J connectivity index is 1.92. The SMILES string of the molecule is Nc1ccc(C(=O)CCC2CCCO2)cc1Br. The molecule has 17 heavy (non-hydrogen) atoms. The number of nitrogen functional groups attached to an aromatic ring is 1. The van der Waals surface area contributed by atoms with Gasteiger partial charge in [-0.25, -0.2) is 0 Å². The largest absolute Gasteiger partial charge is 0.398 e. The number of Topliss-reactive ketones (excluding diaryl/α,β-unsaturated/α-hetero) is 1. The predicted octanol–water partition coefficient (Wildman–Crippen LogP) is 3.17. The standard InChI is InChI=1S/C13H16BrNO2/c14-11-8-9(3-5-12(11)15)13(16)6-4-10-2-1-7-17-10/h3,5,8,10H,1-2,4,6-7,15H2. The molecule has 0 aromatic heterocycles. The molecule has 0 spiro atoms. The molecule has 1 saturated heterocycles. The maximum Gasteiger partial charge on any atom is 0.163 e. The van der Waals surface area contributed by atoms with Gasteiger partial charge in [0.2, 0.25) is 0 Å². The maximum atomic E-state index is 11.9. The number of carbonyl (C=O) groups excluding carboxylic acids is 1. The fourth-order valence-corrected chi connectivity index (χ4v) is 2.39. The van der Waals surface area contributed by atoms with Crippen molar-refractivity contribution in [2.75, 3.05) is 12.3 Å². The summed E-state index contributed by atoms with van der Waals surface area (Å²) in [5.74, 6) is 0.154. The normalized spacial score (nSPS) is 19.5. The molecule has 1 atom stereocenters. The van der Waals surface area contributed by atoms with E-state index < -0.39 is 0 Å². The van der Waals surface area contributed by atoms with E-state index in [1.54, 1.807) is 18.2 Å². The van der Waals surface area contributed by atoms with E-state index in [-0.39, 0.29) is 11.9 Å². The number of nitrogens with two attached hydrogens (primary N) is 1. The van der Waals surface area contributed by atoms with E-state index in [2.05, 4.69) is 15.9 Å². The first-order valence-corrected chi connectivity index (χ1v) is 6.66. The van der Waals surface area contributed by atoms with Gasteiger partial charge in [-0.3, -0.25) is 4.79 Å². The third-order valence-corrected chi connectivity index (χ3v) is 3.73. The molecule has 1 aromatic carbocycles. The van der Waals surface area contributed by atoms with Crippen LogP contribution in [0.3, 0.4) is 0 Å². The number of anilines is 1. The van der Waals surface area contributed by atoms with Gasteiger partial charge in [0, 0.05) is 28.8 Å². The van der Waals surface area contributed by atoms with Crippen molar-refractivity contribution in [2.24, 2.45) is 0 Å². The lowest BCUT2D eigenvalue weighted by Crippen LogP contribution is -2.09. The lowest BCUT2D eigenvalue weighted by molar-refractivity contribution is 0.0859. The van der Waals surface area contributed by atoms with E-state index in [4.69, 9.17) is 10.5 Å². The number of rotatable bonds is 4. The van der Waals surface area contributed by atoms with Gasteiger partial charge in [0.05, 0.1) is 6.10 Å². The zero-order valence-electron chi connectivity index (χ0n) is 9.62. The van der Waals surface area contributed by atoms with Crippen LogP contribution in [-0.2, 0) is 4.74 Å². The Bertz CT molecular complexity index is 414. The van der Waals surface area contributed by atoms with Crippen molar-refractivity contribution < 1.29 is 9.53 Å². The predicted molar refractivity (Wildman–Crippen MR) is 71.1 cm³/mol. The van der Waals surface area contributed by atoms with Crippen LogP contribution in [0.4, 0.5) is 5.69 Å². The van der Waals surface area contributed by atoms with Gasteiger partial charge in [0.1, 0.15) is 0 Å². The number of ether oxygens (including phenoxy) is 1. The number of carbonyl (C=O) groups is 1. The number of benzene rings is 1. The quantitative estimate of drug-likeness (QED) is 0.686. The number of ketones is 1. The van der Waals surface area contributed by atoms with Crippen LogP contribution in [-0.4, -0.2) is 18.5 Å². The van der Waals surface area contributed by atoms with Crippen molar-refractivity contribution in [1.82, 2.24) is 0 Å². The molecule has 0 radical (unpaired) electrons. The first-order valence-electron chi connectivity index (χ1n) is 5.86. The minimum atomic E-state index is 0.154. The van der Waals surface area contributed by atoms with Crippen LogP contribution in [0, 0.1) is 0 Å². The second-order valence-corrected chi connectivity index (χ2v) is 5.19. The summed E-state index contributed by atoms with van der Waals surface area (Å²) in [4.78, 5) is 11.9. The highest BCUT2D eigenvalue weighted by molar-refractivity contribution is 9.10. The molecule has 0 bridgehead atoms. The molecule has 2 N–H and O–H groups in total. The molecule has 0 amide bonds. The summed E-state index contributed by atoms with van der Waals surface area (Å²) in [5, 5.41) is 0. The molecular formula is C13H16BrNO2. The minimum Gasteiger partial charge on any atom is -0.398 e. The van der Waals surface area contributed by atoms with E-state index >= 15 is 0 Å². The van der Waals surface area contributed by atoms with Crippen LogP contribution in [0.1, 0.15) is 36.0 Å². The van der Waals surface area contributed by atoms with Crippen molar-refractivity contribution in [3.63, 3.8) is 0 Å². The highest BCUT2D eigenvalue weighted by atomic mass is 79.9. The molecule has 2 rings (SSSR count). The van der Waals surface area contributed by atoms with Gasteiger partial charge in [0.15, 0.2) is 5.78 Å². The third kappa shape index (κ3) is 3.30. The van der Waals surface area contributed by atoms with E-state index in [0.29, 0.717) is 17.7 Å². The number of hydrogen-bond acceptors (Lipinski definition) is 3. The summed E-state index contributed by atoms with van der Waals surface area (Å²) < 4.78 is 6.28. The van der Waals surface area contributed by atoms with Crippen LogP contribution in [0.2, 0.25) is 0 Å². The Hall–Kier alpha value is -0.870. The van der Waals surface area contributed by atoms with Crippen LogP contribution in [0.15, 0.2) is 22.7 Å². The molecule has 1 unspecified atom stereocenters. The maximum absolute atomic E-state index is 11.9. The number of halogens is 1. The van der Waals surface area contributed by atoms with Gasteiger partial charge < -0.3 is 10.5 Å². The van der Waals surface area contributed by atoms with Crippen molar-refractivity contribution in [3.8, 4) is 0 Å². The summed E-state index contributed by atoms with van der Waals surface area (Å²) in [7, 11) is 0.